The van der Waals surface area contributed by atoms with Gasteiger partial charge in [0.05, 0.1) is 55.6 Å². The minimum absolute atomic E-state index is 0.537. The fraction of sp³-hybridized carbons (Fsp3) is 0. The summed E-state index contributed by atoms with van der Waals surface area (Å²) in [6.45, 7) is 0. The molecule has 5 heteroatoms. The second kappa shape index (κ2) is 11.8. The van der Waals surface area contributed by atoms with Gasteiger partial charge < -0.3 is 13.7 Å². The summed E-state index contributed by atoms with van der Waals surface area (Å²) in [6, 6.07) is 66.0. The van der Waals surface area contributed by atoms with Crippen LogP contribution in [0.3, 0.4) is 0 Å². The molecule has 0 N–H and O–H groups in total. The topological polar surface area (TPSA) is 62.4 Å². The molecular weight excluding hydrogens is 671 g/mol. The van der Waals surface area contributed by atoms with E-state index in [1.807, 2.05) is 42.5 Å². The summed E-state index contributed by atoms with van der Waals surface area (Å²) < 4.78 is 6.85. The van der Waals surface area contributed by atoms with E-state index in [9.17, 15) is 10.5 Å². The van der Waals surface area contributed by atoms with Crippen LogP contribution in [0.25, 0.3) is 93.6 Å². The smallest absolute Gasteiger partial charge is 0.101 e. The minimum Gasteiger partial charge on any atom is -0.309 e. The van der Waals surface area contributed by atoms with Crippen molar-refractivity contribution < 1.29 is 0 Å². The molecule has 0 aliphatic rings. The predicted molar refractivity (Wildman–Crippen MR) is 224 cm³/mol. The van der Waals surface area contributed by atoms with Crippen molar-refractivity contribution in [3.63, 3.8) is 0 Å². The van der Waals surface area contributed by atoms with Gasteiger partial charge in [-0.2, -0.15) is 10.5 Å². The van der Waals surface area contributed by atoms with Gasteiger partial charge in [0.1, 0.15) is 12.1 Å². The Kier molecular flexibility index (Phi) is 6.61. The Balaban J connectivity index is 1.13. The van der Waals surface area contributed by atoms with E-state index in [0.717, 1.165) is 61.0 Å². The van der Waals surface area contributed by atoms with Crippen molar-refractivity contribution in [2.24, 2.45) is 0 Å². The standard InChI is InChI=1S/C50H29N5/c51-30-34-27-26-33(29-48(34)55-44-22-7-3-17-39(44)40-19-10-13-35(31-52)50(40)55)32-12-9-14-36(28-32)53-45-23-8-4-18-41(45)49-46(53)24-11-25-47(49)54-42-20-5-1-15-37(42)38-16-2-6-21-43(38)54/h1-29H. The highest BCUT2D eigenvalue weighted by Gasteiger charge is 2.21. The first-order chi connectivity index (χ1) is 27.2. The molecule has 3 aromatic heterocycles. The van der Waals surface area contributed by atoms with Crippen LogP contribution in [-0.4, -0.2) is 13.7 Å². The molecule has 0 amide bonds. The van der Waals surface area contributed by atoms with Gasteiger partial charge in [0.15, 0.2) is 0 Å². The lowest BCUT2D eigenvalue weighted by Crippen LogP contribution is -2.00. The van der Waals surface area contributed by atoms with Crippen LogP contribution in [0, 0.1) is 22.7 Å². The number of hydrogen-bond acceptors (Lipinski definition) is 2. The van der Waals surface area contributed by atoms with Gasteiger partial charge in [-0.1, -0.05) is 109 Å². The van der Waals surface area contributed by atoms with E-state index in [-0.39, 0.29) is 0 Å². The van der Waals surface area contributed by atoms with Crippen LogP contribution in [0.2, 0.25) is 0 Å². The zero-order chi connectivity index (χ0) is 36.6. The molecule has 0 atom stereocenters. The van der Waals surface area contributed by atoms with Crippen molar-refractivity contribution in [2.75, 3.05) is 0 Å². The van der Waals surface area contributed by atoms with Gasteiger partial charge in [-0.25, -0.2) is 0 Å². The van der Waals surface area contributed by atoms with Crippen molar-refractivity contribution in [1.29, 1.82) is 10.5 Å². The Morgan fingerprint density at radius 1 is 0.345 bits per heavy atom. The van der Waals surface area contributed by atoms with Crippen molar-refractivity contribution >= 4 is 65.4 Å². The molecule has 0 radical (unpaired) electrons. The summed E-state index contributed by atoms with van der Waals surface area (Å²) in [5, 5.41) is 27.5. The molecule has 0 bridgehead atoms. The monoisotopic (exact) mass is 699 g/mol. The zero-order valence-corrected chi connectivity index (χ0v) is 29.5. The number of para-hydroxylation sites is 5. The van der Waals surface area contributed by atoms with Crippen LogP contribution >= 0.6 is 0 Å². The van der Waals surface area contributed by atoms with Crippen molar-refractivity contribution in [1.82, 2.24) is 13.7 Å². The largest absolute Gasteiger partial charge is 0.309 e. The maximum absolute atomic E-state index is 10.4. The first-order valence-electron chi connectivity index (χ1n) is 18.3. The predicted octanol–water partition coefficient (Wildman–Crippen LogP) is 12.4. The fourth-order valence-electron chi connectivity index (χ4n) is 8.82. The molecular formula is C50H29N5. The quantitative estimate of drug-likeness (QED) is 0.184. The Morgan fingerprint density at radius 2 is 0.873 bits per heavy atom. The first-order valence-corrected chi connectivity index (χ1v) is 18.3. The maximum Gasteiger partial charge on any atom is 0.101 e. The summed E-state index contributed by atoms with van der Waals surface area (Å²) in [5.74, 6) is 0. The Bertz CT molecular complexity index is 3420. The second-order valence-corrected chi connectivity index (χ2v) is 14.0. The second-order valence-electron chi connectivity index (χ2n) is 14.0. The van der Waals surface area contributed by atoms with Crippen LogP contribution in [0.15, 0.2) is 176 Å². The van der Waals surface area contributed by atoms with Crippen LogP contribution < -0.4 is 0 Å². The third kappa shape index (κ3) is 4.39. The average Bonchev–Trinajstić information content (AvgIpc) is 3.89. The highest BCUT2D eigenvalue weighted by atomic mass is 15.0. The molecule has 0 fully saturated rings. The summed E-state index contributed by atoms with van der Waals surface area (Å²) in [5.41, 5.74) is 12.4. The van der Waals surface area contributed by atoms with Crippen LogP contribution in [-0.2, 0) is 0 Å². The van der Waals surface area contributed by atoms with E-state index in [2.05, 4.69) is 159 Å². The molecule has 0 saturated carbocycles. The number of hydrogen-bond donors (Lipinski definition) is 0. The first kappa shape index (κ1) is 30.7. The molecule has 3 heterocycles. The Morgan fingerprint density at radius 3 is 1.56 bits per heavy atom. The Labute approximate surface area is 316 Å². The van der Waals surface area contributed by atoms with Gasteiger partial charge in [0.2, 0.25) is 0 Å². The number of fused-ring (bicyclic) bond motifs is 9. The van der Waals surface area contributed by atoms with Crippen LogP contribution in [0.5, 0.6) is 0 Å². The van der Waals surface area contributed by atoms with E-state index in [1.165, 1.54) is 32.6 Å². The minimum atomic E-state index is 0.537. The molecule has 0 unspecified atom stereocenters. The fourth-order valence-corrected chi connectivity index (χ4v) is 8.82. The molecule has 0 aliphatic heterocycles. The van der Waals surface area contributed by atoms with Gasteiger partial charge in [0.25, 0.3) is 0 Å². The molecule has 5 nitrogen and oxygen atoms in total. The molecule has 11 rings (SSSR count). The Hall–Kier alpha value is -7.86. The summed E-state index contributed by atoms with van der Waals surface area (Å²) in [7, 11) is 0. The lowest BCUT2D eigenvalue weighted by atomic mass is 10.0. The number of nitrogens with zero attached hydrogens (tertiary/aromatic N) is 5. The van der Waals surface area contributed by atoms with Gasteiger partial charge in [-0.05, 0) is 77.9 Å². The third-order valence-corrected chi connectivity index (χ3v) is 11.1. The highest BCUT2D eigenvalue weighted by molar-refractivity contribution is 6.16. The van der Waals surface area contributed by atoms with E-state index in [4.69, 9.17) is 0 Å². The van der Waals surface area contributed by atoms with Crippen molar-refractivity contribution in [2.45, 2.75) is 0 Å². The average molecular weight is 700 g/mol. The lowest BCUT2D eigenvalue weighted by Gasteiger charge is -2.14. The SMILES string of the molecule is N#Cc1ccc(-c2cccc(-n3c4ccccc4c4c(-n5c6ccccc6c6ccccc65)cccc43)c2)cc1-n1c2ccccc2c2cccc(C#N)c21. The maximum atomic E-state index is 10.4. The van der Waals surface area contributed by atoms with Gasteiger partial charge in [-0.3, -0.25) is 0 Å². The van der Waals surface area contributed by atoms with E-state index >= 15 is 0 Å². The normalized spacial score (nSPS) is 11.6. The summed E-state index contributed by atoms with van der Waals surface area (Å²) >= 11 is 0. The number of aromatic nitrogens is 3. The molecule has 55 heavy (non-hydrogen) atoms. The molecule has 254 valence electrons. The molecule has 11 aromatic rings. The third-order valence-electron chi connectivity index (χ3n) is 11.1. The van der Waals surface area contributed by atoms with Crippen molar-refractivity contribution in [3.8, 4) is 40.3 Å². The van der Waals surface area contributed by atoms with Gasteiger partial charge >= 0.3 is 0 Å². The number of rotatable bonds is 4. The molecule has 0 spiro atoms. The summed E-state index contributed by atoms with van der Waals surface area (Å²) in [6.07, 6.45) is 0. The summed E-state index contributed by atoms with van der Waals surface area (Å²) in [4.78, 5) is 0. The number of nitriles is 2. The number of benzene rings is 8. The van der Waals surface area contributed by atoms with Crippen molar-refractivity contribution in [3.05, 3.63) is 187 Å². The zero-order valence-electron chi connectivity index (χ0n) is 29.5. The van der Waals surface area contributed by atoms with Crippen LogP contribution in [0.1, 0.15) is 11.1 Å². The van der Waals surface area contributed by atoms with E-state index in [0.29, 0.717) is 11.1 Å². The van der Waals surface area contributed by atoms with Gasteiger partial charge in [-0.15, -0.1) is 0 Å². The van der Waals surface area contributed by atoms with E-state index < -0.39 is 0 Å². The molecule has 8 aromatic carbocycles. The lowest BCUT2D eigenvalue weighted by molar-refractivity contribution is 1.16. The molecule has 0 saturated heterocycles. The molecule has 0 aliphatic carbocycles. The van der Waals surface area contributed by atoms with Crippen LogP contribution in [0.4, 0.5) is 0 Å². The highest BCUT2D eigenvalue weighted by Crippen LogP contribution is 2.41. The van der Waals surface area contributed by atoms with Gasteiger partial charge in [0, 0.05) is 38.0 Å². The van der Waals surface area contributed by atoms with E-state index in [1.54, 1.807) is 0 Å².